The minimum absolute atomic E-state index is 0.0613. The normalized spacial score (nSPS) is 55.2. The smallest absolute Gasteiger partial charge is 0.0585 e. The molecule has 0 saturated heterocycles. The fourth-order valence-electron chi connectivity index (χ4n) is 7.60. The molecule has 4 aliphatic carbocycles. The molecule has 8 unspecified atom stereocenters. The van der Waals surface area contributed by atoms with Crippen molar-refractivity contribution in [2.24, 2.45) is 34.5 Å². The first-order valence-electron chi connectivity index (χ1n) is 10.0. The van der Waals surface area contributed by atoms with Crippen molar-refractivity contribution < 1.29 is 15.3 Å². The summed E-state index contributed by atoms with van der Waals surface area (Å²) in [5.74, 6) is 1.80. The minimum atomic E-state index is -0.279. The zero-order valence-electron chi connectivity index (χ0n) is 15.4. The molecule has 24 heavy (non-hydrogen) atoms. The minimum Gasteiger partial charge on any atom is -0.393 e. The van der Waals surface area contributed by atoms with Crippen LogP contribution in [0, 0.1) is 34.5 Å². The van der Waals surface area contributed by atoms with E-state index in [0.717, 1.165) is 38.5 Å². The second-order valence-electron chi connectivity index (χ2n) is 9.78. The van der Waals surface area contributed by atoms with Crippen LogP contribution in [-0.4, -0.2) is 33.6 Å². The molecular formula is C21H34O3. The van der Waals surface area contributed by atoms with Gasteiger partial charge in [-0.2, -0.15) is 0 Å². The third-order valence-electron chi connectivity index (χ3n) is 8.66. The first kappa shape index (κ1) is 17.1. The van der Waals surface area contributed by atoms with Crippen molar-refractivity contribution in [1.82, 2.24) is 0 Å². The maximum absolute atomic E-state index is 11.2. The maximum Gasteiger partial charge on any atom is 0.0585 e. The van der Waals surface area contributed by atoms with E-state index in [4.69, 9.17) is 0 Å². The van der Waals surface area contributed by atoms with Crippen molar-refractivity contribution in [3.63, 3.8) is 0 Å². The Morgan fingerprint density at radius 3 is 2.62 bits per heavy atom. The van der Waals surface area contributed by atoms with Crippen molar-refractivity contribution in [3.05, 3.63) is 11.6 Å². The standard InChI is InChI=1S/C21H34O3/c1-12(22)16-6-7-17-15-5-4-13-10-14(23)8-9-20(13,2)19(15)18(24)11-21(16,17)3/h4,12,14-19,22-24H,5-11H2,1-3H3/t12?,14?,15?,16?,17?,18?,19?,20?,21-/m1/s1. The van der Waals surface area contributed by atoms with Gasteiger partial charge in [0, 0.05) is 0 Å². The Labute approximate surface area is 146 Å². The quantitative estimate of drug-likeness (QED) is 0.645. The van der Waals surface area contributed by atoms with Gasteiger partial charge in [0.15, 0.2) is 0 Å². The summed E-state index contributed by atoms with van der Waals surface area (Å²) in [4.78, 5) is 0. The molecule has 4 rings (SSSR count). The summed E-state index contributed by atoms with van der Waals surface area (Å²) in [5.41, 5.74) is 1.53. The summed E-state index contributed by atoms with van der Waals surface area (Å²) in [5, 5.41) is 31.6. The van der Waals surface area contributed by atoms with Crippen LogP contribution < -0.4 is 0 Å². The van der Waals surface area contributed by atoms with Crippen molar-refractivity contribution in [2.75, 3.05) is 0 Å². The largest absolute Gasteiger partial charge is 0.393 e. The van der Waals surface area contributed by atoms with Crippen LogP contribution in [0.3, 0.4) is 0 Å². The Morgan fingerprint density at radius 1 is 1.17 bits per heavy atom. The number of aliphatic hydroxyl groups is 3. The molecule has 0 amide bonds. The Balaban J connectivity index is 1.70. The first-order chi connectivity index (χ1) is 11.3. The van der Waals surface area contributed by atoms with E-state index < -0.39 is 0 Å². The molecule has 0 bridgehead atoms. The molecule has 0 heterocycles. The number of fused-ring (bicyclic) bond motifs is 5. The van der Waals surface area contributed by atoms with E-state index in [9.17, 15) is 15.3 Å². The lowest BCUT2D eigenvalue weighted by Gasteiger charge is -2.59. The van der Waals surface area contributed by atoms with Gasteiger partial charge >= 0.3 is 0 Å². The molecule has 0 aromatic carbocycles. The molecule has 0 radical (unpaired) electrons. The van der Waals surface area contributed by atoms with Gasteiger partial charge in [0.25, 0.3) is 0 Å². The monoisotopic (exact) mass is 334 g/mol. The van der Waals surface area contributed by atoms with Gasteiger partial charge in [-0.1, -0.05) is 25.5 Å². The maximum atomic E-state index is 11.2. The highest BCUT2D eigenvalue weighted by Gasteiger charge is 2.62. The Hall–Kier alpha value is -0.380. The van der Waals surface area contributed by atoms with Gasteiger partial charge in [-0.25, -0.2) is 0 Å². The van der Waals surface area contributed by atoms with Crippen LogP contribution in [0.1, 0.15) is 65.7 Å². The lowest BCUT2D eigenvalue weighted by molar-refractivity contribution is -0.134. The van der Waals surface area contributed by atoms with E-state index in [1.165, 1.54) is 12.0 Å². The Morgan fingerprint density at radius 2 is 1.92 bits per heavy atom. The van der Waals surface area contributed by atoms with Gasteiger partial charge in [-0.15, -0.1) is 0 Å². The molecule has 3 saturated carbocycles. The van der Waals surface area contributed by atoms with Crippen LogP contribution in [0.2, 0.25) is 0 Å². The lowest BCUT2D eigenvalue weighted by Crippen LogP contribution is -2.57. The molecule has 3 nitrogen and oxygen atoms in total. The summed E-state index contributed by atoms with van der Waals surface area (Å²) in [6.07, 6.45) is 8.48. The number of aliphatic hydroxyl groups excluding tert-OH is 3. The van der Waals surface area contributed by atoms with E-state index in [1.54, 1.807) is 0 Å². The Bertz CT molecular complexity index is 541. The molecule has 3 N–H and O–H groups in total. The number of hydrogen-bond donors (Lipinski definition) is 3. The lowest BCUT2D eigenvalue weighted by atomic mass is 9.46. The molecule has 3 fully saturated rings. The van der Waals surface area contributed by atoms with Crippen LogP contribution in [-0.2, 0) is 0 Å². The van der Waals surface area contributed by atoms with Gasteiger partial charge < -0.3 is 15.3 Å². The number of hydrogen-bond acceptors (Lipinski definition) is 3. The molecular weight excluding hydrogens is 300 g/mol. The summed E-state index contributed by atoms with van der Waals surface area (Å²) in [6, 6.07) is 0. The van der Waals surface area contributed by atoms with Crippen molar-refractivity contribution in [3.8, 4) is 0 Å². The SMILES string of the molecule is CC(O)C1CCC2C3CC=C4CC(O)CCC4(C)C3C(O)C[C@]12C. The predicted octanol–water partition coefficient (Wildman–Crippen LogP) is 3.28. The average Bonchev–Trinajstić information content (AvgIpc) is 2.84. The summed E-state index contributed by atoms with van der Waals surface area (Å²) >= 11 is 0. The predicted molar refractivity (Wildman–Crippen MR) is 94.3 cm³/mol. The van der Waals surface area contributed by atoms with Crippen molar-refractivity contribution >= 4 is 0 Å². The van der Waals surface area contributed by atoms with Gasteiger partial charge in [-0.05, 0) is 86.4 Å². The molecule has 136 valence electrons. The molecule has 9 atom stereocenters. The molecule has 0 aromatic rings. The summed E-state index contributed by atoms with van der Waals surface area (Å²) < 4.78 is 0. The van der Waals surface area contributed by atoms with Crippen molar-refractivity contribution in [1.29, 1.82) is 0 Å². The second-order valence-corrected chi connectivity index (χ2v) is 9.78. The fourth-order valence-corrected chi connectivity index (χ4v) is 7.60. The number of allylic oxidation sites excluding steroid dienone is 1. The highest BCUT2D eigenvalue weighted by Crippen LogP contribution is 2.66. The topological polar surface area (TPSA) is 60.7 Å². The molecule has 0 spiro atoms. The highest BCUT2D eigenvalue weighted by atomic mass is 16.3. The zero-order valence-corrected chi connectivity index (χ0v) is 15.4. The van der Waals surface area contributed by atoms with Gasteiger partial charge in [-0.3, -0.25) is 0 Å². The van der Waals surface area contributed by atoms with E-state index in [-0.39, 0.29) is 29.1 Å². The second kappa shape index (κ2) is 5.56. The van der Waals surface area contributed by atoms with Gasteiger partial charge in [0.05, 0.1) is 18.3 Å². The van der Waals surface area contributed by atoms with Crippen LogP contribution in [0.15, 0.2) is 11.6 Å². The van der Waals surface area contributed by atoms with Gasteiger partial charge in [0.1, 0.15) is 0 Å². The summed E-state index contributed by atoms with van der Waals surface area (Å²) in [6.45, 7) is 6.60. The zero-order chi connectivity index (χ0) is 17.3. The van der Waals surface area contributed by atoms with Crippen LogP contribution in [0.4, 0.5) is 0 Å². The molecule has 0 aliphatic heterocycles. The average molecular weight is 335 g/mol. The third kappa shape index (κ3) is 2.20. The Kier molecular flexibility index (Phi) is 3.95. The highest BCUT2D eigenvalue weighted by molar-refractivity contribution is 5.26. The van der Waals surface area contributed by atoms with Crippen LogP contribution in [0.5, 0.6) is 0 Å². The molecule has 4 aliphatic rings. The summed E-state index contributed by atoms with van der Waals surface area (Å²) in [7, 11) is 0. The molecule has 0 aromatic heterocycles. The fraction of sp³-hybridized carbons (Fsp3) is 0.905. The van der Waals surface area contributed by atoms with E-state index in [0.29, 0.717) is 23.7 Å². The van der Waals surface area contributed by atoms with Crippen LogP contribution in [0.25, 0.3) is 0 Å². The third-order valence-corrected chi connectivity index (χ3v) is 8.66. The molecule has 3 heteroatoms. The van der Waals surface area contributed by atoms with E-state index >= 15 is 0 Å². The van der Waals surface area contributed by atoms with E-state index in [2.05, 4.69) is 19.9 Å². The first-order valence-corrected chi connectivity index (χ1v) is 10.0. The number of rotatable bonds is 1. The van der Waals surface area contributed by atoms with Crippen molar-refractivity contribution in [2.45, 2.75) is 84.0 Å². The van der Waals surface area contributed by atoms with E-state index in [1.807, 2.05) is 6.92 Å². The van der Waals surface area contributed by atoms with Crippen LogP contribution >= 0.6 is 0 Å². The van der Waals surface area contributed by atoms with Gasteiger partial charge in [0.2, 0.25) is 0 Å².